The zero-order chi connectivity index (χ0) is 22.5. The second-order valence-electron chi connectivity index (χ2n) is 7.33. The topological polar surface area (TPSA) is 63.9 Å². The summed E-state index contributed by atoms with van der Waals surface area (Å²) in [5, 5.41) is 5.01. The third-order valence-corrected chi connectivity index (χ3v) is 6.84. The molecule has 0 bridgehead atoms. The Morgan fingerprint density at radius 2 is 1.94 bits per heavy atom. The van der Waals surface area contributed by atoms with Crippen molar-refractivity contribution in [2.75, 3.05) is 11.4 Å². The molecule has 1 unspecified atom stereocenters. The number of benzene rings is 1. The quantitative estimate of drug-likeness (QED) is 0.403. The van der Waals surface area contributed by atoms with E-state index in [2.05, 4.69) is 10.1 Å². The molecule has 1 fully saturated rings. The number of aromatic nitrogens is 4. The number of rotatable bonds is 3. The Hall–Kier alpha value is -2.98. The van der Waals surface area contributed by atoms with E-state index in [1.165, 1.54) is 6.20 Å². The minimum Gasteiger partial charge on any atom is -0.359 e. The molecule has 32 heavy (non-hydrogen) atoms. The van der Waals surface area contributed by atoms with Gasteiger partial charge in [0.1, 0.15) is 10.0 Å². The molecule has 1 atom stereocenters. The van der Waals surface area contributed by atoms with Crippen LogP contribution in [0.1, 0.15) is 29.5 Å². The van der Waals surface area contributed by atoms with E-state index < -0.39 is 17.3 Å². The zero-order valence-corrected chi connectivity index (χ0v) is 18.0. The van der Waals surface area contributed by atoms with E-state index in [0.29, 0.717) is 18.4 Å². The van der Waals surface area contributed by atoms with Crippen molar-refractivity contribution in [3.05, 3.63) is 74.7 Å². The van der Waals surface area contributed by atoms with Crippen LogP contribution in [0.25, 0.3) is 16.0 Å². The lowest BCUT2D eigenvalue weighted by Gasteiger charge is -2.25. The van der Waals surface area contributed by atoms with E-state index in [1.807, 2.05) is 29.2 Å². The first-order valence-electron chi connectivity index (χ1n) is 9.76. The van der Waals surface area contributed by atoms with Crippen LogP contribution in [0.3, 0.4) is 0 Å². The molecule has 0 N–H and O–H groups in total. The number of thiazole rings is 1. The number of alkyl halides is 3. The highest BCUT2D eigenvalue weighted by atomic mass is 35.5. The van der Waals surface area contributed by atoms with Gasteiger partial charge in [-0.15, -0.1) is 11.3 Å². The highest BCUT2D eigenvalue weighted by Gasteiger charge is 2.32. The van der Waals surface area contributed by atoms with Crippen LogP contribution in [0, 0.1) is 0 Å². The van der Waals surface area contributed by atoms with Crippen molar-refractivity contribution in [3.8, 4) is 5.82 Å². The summed E-state index contributed by atoms with van der Waals surface area (Å²) in [6, 6.07) is 9.78. The normalized spacial score (nSPS) is 16.8. The minimum atomic E-state index is -4.52. The van der Waals surface area contributed by atoms with Gasteiger partial charge < -0.3 is 4.90 Å². The lowest BCUT2D eigenvalue weighted by Crippen LogP contribution is -2.29. The maximum Gasteiger partial charge on any atom is 0.417 e. The van der Waals surface area contributed by atoms with Crippen LogP contribution in [0.2, 0.25) is 5.02 Å². The monoisotopic (exact) mass is 477 g/mol. The Labute approximate surface area is 188 Å². The molecule has 4 aromatic rings. The molecule has 5 rings (SSSR count). The molecule has 1 aliphatic heterocycles. The Morgan fingerprint density at radius 3 is 2.66 bits per heavy atom. The van der Waals surface area contributed by atoms with Crippen LogP contribution in [-0.2, 0) is 6.18 Å². The maximum absolute atomic E-state index is 12.9. The SMILES string of the molecule is O=c1c(Cl)c(N2CCCC2c2nc3ccccc3s2)cnn1-c1ccc(C(F)(F)F)cn1. The summed E-state index contributed by atoms with van der Waals surface area (Å²) < 4.78 is 40.3. The van der Waals surface area contributed by atoms with Crippen LogP contribution in [0.15, 0.2) is 53.6 Å². The average molecular weight is 478 g/mol. The van der Waals surface area contributed by atoms with E-state index in [9.17, 15) is 18.0 Å². The molecule has 0 aliphatic carbocycles. The van der Waals surface area contributed by atoms with E-state index in [-0.39, 0.29) is 16.9 Å². The van der Waals surface area contributed by atoms with Gasteiger partial charge in [0.15, 0.2) is 5.82 Å². The number of hydrogen-bond acceptors (Lipinski definition) is 6. The maximum atomic E-state index is 12.9. The van der Waals surface area contributed by atoms with Gasteiger partial charge in [-0.25, -0.2) is 9.97 Å². The molecule has 1 aliphatic rings. The number of hydrogen-bond donors (Lipinski definition) is 0. The van der Waals surface area contributed by atoms with Gasteiger partial charge in [0, 0.05) is 12.7 Å². The molecular weight excluding hydrogens is 463 g/mol. The first-order chi connectivity index (χ1) is 15.3. The summed E-state index contributed by atoms with van der Waals surface area (Å²) in [7, 11) is 0. The lowest BCUT2D eigenvalue weighted by molar-refractivity contribution is -0.137. The Kier molecular flexibility index (Phi) is 5.13. The first-order valence-corrected chi connectivity index (χ1v) is 11.0. The predicted octanol–water partition coefficient (Wildman–Crippen LogP) is 5.25. The number of nitrogens with zero attached hydrogens (tertiary/aromatic N) is 5. The fourth-order valence-corrected chi connectivity index (χ4v) is 5.16. The average Bonchev–Trinajstić information content (AvgIpc) is 3.42. The molecular formula is C21H15ClF3N5OS. The van der Waals surface area contributed by atoms with Gasteiger partial charge in [-0.2, -0.15) is 23.0 Å². The Morgan fingerprint density at radius 1 is 1.12 bits per heavy atom. The van der Waals surface area contributed by atoms with Gasteiger partial charge in [0.05, 0.1) is 33.7 Å². The second kappa shape index (κ2) is 7.86. The molecule has 0 saturated carbocycles. The van der Waals surface area contributed by atoms with Crippen LogP contribution in [-0.4, -0.2) is 26.3 Å². The van der Waals surface area contributed by atoms with Crippen LogP contribution in [0.4, 0.5) is 18.9 Å². The van der Waals surface area contributed by atoms with Gasteiger partial charge in [0.2, 0.25) is 0 Å². The van der Waals surface area contributed by atoms with Gasteiger partial charge in [-0.1, -0.05) is 23.7 Å². The third-order valence-electron chi connectivity index (χ3n) is 5.35. The molecule has 164 valence electrons. The van der Waals surface area contributed by atoms with Crippen molar-refractivity contribution in [1.82, 2.24) is 19.7 Å². The molecule has 0 amide bonds. The van der Waals surface area contributed by atoms with Gasteiger partial charge in [0.25, 0.3) is 5.56 Å². The molecule has 3 aromatic heterocycles. The van der Waals surface area contributed by atoms with Crippen molar-refractivity contribution >= 4 is 38.8 Å². The zero-order valence-electron chi connectivity index (χ0n) is 16.4. The molecule has 4 heterocycles. The largest absolute Gasteiger partial charge is 0.417 e. The molecule has 0 spiro atoms. The number of fused-ring (bicyclic) bond motifs is 1. The van der Waals surface area contributed by atoms with E-state index >= 15 is 0 Å². The summed E-state index contributed by atoms with van der Waals surface area (Å²) in [5.41, 5.74) is -0.159. The van der Waals surface area contributed by atoms with Gasteiger partial charge in [-0.3, -0.25) is 4.79 Å². The predicted molar refractivity (Wildman–Crippen MR) is 117 cm³/mol. The Bertz CT molecular complexity index is 1320. The summed E-state index contributed by atoms with van der Waals surface area (Å²) in [6.45, 7) is 0.684. The van der Waals surface area contributed by atoms with Gasteiger partial charge in [-0.05, 0) is 37.1 Å². The lowest BCUT2D eigenvalue weighted by atomic mass is 10.2. The van der Waals surface area contributed by atoms with Crippen LogP contribution in [0.5, 0.6) is 0 Å². The second-order valence-corrected chi connectivity index (χ2v) is 8.78. The number of para-hydroxylation sites is 1. The molecule has 0 radical (unpaired) electrons. The molecule has 11 heteroatoms. The van der Waals surface area contributed by atoms with Gasteiger partial charge >= 0.3 is 6.18 Å². The smallest absolute Gasteiger partial charge is 0.359 e. The summed E-state index contributed by atoms with van der Waals surface area (Å²) in [6.07, 6.45) is -0.638. The summed E-state index contributed by atoms with van der Waals surface area (Å²) in [5.74, 6) is -0.0411. The standard InChI is InChI=1S/C21H15ClF3N5OS/c22-18-15(11-27-30(20(18)31)17-8-7-12(10-26-17)21(23,24)25)29-9-3-5-14(29)19-28-13-4-1-2-6-16(13)32-19/h1-2,4,6-8,10-11,14H,3,5,9H2. The number of halogens is 4. The Balaban J connectivity index is 1.49. The van der Waals surface area contributed by atoms with E-state index in [0.717, 1.165) is 44.9 Å². The third kappa shape index (κ3) is 3.63. The minimum absolute atomic E-state index is 0.0360. The van der Waals surface area contributed by atoms with Crippen molar-refractivity contribution in [1.29, 1.82) is 0 Å². The van der Waals surface area contributed by atoms with E-state index in [4.69, 9.17) is 16.6 Å². The van der Waals surface area contributed by atoms with Crippen molar-refractivity contribution < 1.29 is 13.2 Å². The fraction of sp³-hybridized carbons (Fsp3) is 0.238. The number of anilines is 1. The van der Waals surface area contributed by atoms with Crippen molar-refractivity contribution in [3.63, 3.8) is 0 Å². The summed E-state index contributed by atoms with van der Waals surface area (Å²) >= 11 is 8.03. The van der Waals surface area contributed by atoms with Crippen LogP contribution >= 0.6 is 22.9 Å². The van der Waals surface area contributed by atoms with Crippen LogP contribution < -0.4 is 10.5 Å². The molecule has 6 nitrogen and oxygen atoms in total. The molecule has 1 aromatic carbocycles. The summed E-state index contributed by atoms with van der Waals surface area (Å²) in [4.78, 5) is 23.4. The van der Waals surface area contributed by atoms with Crippen molar-refractivity contribution in [2.45, 2.75) is 25.1 Å². The highest BCUT2D eigenvalue weighted by Crippen LogP contribution is 2.40. The van der Waals surface area contributed by atoms with Crippen molar-refractivity contribution in [2.24, 2.45) is 0 Å². The number of pyridine rings is 1. The first kappa shape index (κ1) is 20.9. The fourth-order valence-electron chi connectivity index (χ4n) is 3.81. The molecule has 1 saturated heterocycles. The van der Waals surface area contributed by atoms with E-state index in [1.54, 1.807) is 11.3 Å². The highest BCUT2D eigenvalue weighted by molar-refractivity contribution is 7.18.